The van der Waals surface area contributed by atoms with Gasteiger partial charge in [-0.05, 0) is 38.3 Å². The summed E-state index contributed by atoms with van der Waals surface area (Å²) >= 11 is 1.50. The highest BCUT2D eigenvalue weighted by atomic mass is 32.2. The Morgan fingerprint density at radius 2 is 1.92 bits per heavy atom. The summed E-state index contributed by atoms with van der Waals surface area (Å²) in [5, 5.41) is 0.811. The molecule has 0 unspecified atom stereocenters. The van der Waals surface area contributed by atoms with E-state index in [0.29, 0.717) is 0 Å². The van der Waals surface area contributed by atoms with Gasteiger partial charge in [0, 0.05) is 17.9 Å². The van der Waals surface area contributed by atoms with Crippen molar-refractivity contribution in [1.29, 1.82) is 0 Å². The molecule has 0 aliphatic rings. The van der Waals surface area contributed by atoms with E-state index >= 15 is 0 Å². The lowest BCUT2D eigenvalue weighted by atomic mass is 10.4. The van der Waals surface area contributed by atoms with E-state index in [1.165, 1.54) is 11.9 Å². The molecule has 0 saturated heterocycles. The van der Waals surface area contributed by atoms with E-state index in [9.17, 15) is 0 Å². The molecular formula is C9H15N3S. The summed E-state index contributed by atoms with van der Waals surface area (Å²) < 4.78 is 3.20. The quantitative estimate of drug-likeness (QED) is 0.456. The number of nitrogens with zero attached hydrogens (tertiary/aromatic N) is 2. The van der Waals surface area contributed by atoms with Gasteiger partial charge < -0.3 is 0 Å². The lowest BCUT2D eigenvalue weighted by molar-refractivity contribution is 0.854. The Hall–Kier alpha value is -0.610. The van der Waals surface area contributed by atoms with Crippen molar-refractivity contribution < 1.29 is 0 Å². The number of rotatable bonds is 4. The summed E-state index contributed by atoms with van der Waals surface area (Å²) in [5.41, 5.74) is 2.04. The molecule has 0 atom stereocenters. The lowest BCUT2D eigenvalue weighted by Gasteiger charge is -2.02. The minimum atomic E-state index is 0.811. The van der Waals surface area contributed by atoms with E-state index in [2.05, 4.69) is 21.6 Å². The van der Waals surface area contributed by atoms with Gasteiger partial charge in [0.05, 0.1) is 0 Å². The lowest BCUT2D eigenvalue weighted by Crippen LogP contribution is -2.05. The molecule has 0 fully saturated rings. The minimum Gasteiger partial charge on any atom is -0.257 e. The topological polar surface area (TPSA) is 37.8 Å². The largest absolute Gasteiger partial charge is 0.257 e. The van der Waals surface area contributed by atoms with Crippen LogP contribution in [-0.2, 0) is 0 Å². The van der Waals surface area contributed by atoms with Gasteiger partial charge >= 0.3 is 0 Å². The SMILES string of the molecule is CCCNSc1nc(C)cc(C)n1. The molecule has 3 nitrogen and oxygen atoms in total. The summed E-state index contributed by atoms with van der Waals surface area (Å²) in [6.45, 7) is 7.09. The maximum Gasteiger partial charge on any atom is 0.203 e. The third-order valence-corrected chi connectivity index (χ3v) is 2.19. The summed E-state index contributed by atoms with van der Waals surface area (Å²) in [6, 6.07) is 1.98. The predicted octanol–water partition coefficient (Wildman–Crippen LogP) is 2.10. The average molecular weight is 197 g/mol. The van der Waals surface area contributed by atoms with Gasteiger partial charge in [0.1, 0.15) is 0 Å². The van der Waals surface area contributed by atoms with Crippen LogP contribution in [0.25, 0.3) is 0 Å². The number of hydrogen-bond donors (Lipinski definition) is 1. The molecule has 1 N–H and O–H groups in total. The maximum absolute atomic E-state index is 4.30. The molecule has 0 bridgehead atoms. The monoisotopic (exact) mass is 197 g/mol. The zero-order chi connectivity index (χ0) is 9.68. The van der Waals surface area contributed by atoms with Crippen molar-refractivity contribution in [3.05, 3.63) is 17.5 Å². The Balaban J connectivity index is 2.56. The van der Waals surface area contributed by atoms with Crippen molar-refractivity contribution >= 4 is 11.9 Å². The van der Waals surface area contributed by atoms with Crippen molar-refractivity contribution in [2.75, 3.05) is 6.54 Å². The Morgan fingerprint density at radius 3 is 2.46 bits per heavy atom. The van der Waals surface area contributed by atoms with Crippen molar-refractivity contribution in [3.63, 3.8) is 0 Å². The van der Waals surface area contributed by atoms with Crippen molar-refractivity contribution in [1.82, 2.24) is 14.7 Å². The standard InChI is InChI=1S/C9H15N3S/c1-4-5-10-13-9-11-7(2)6-8(3)12-9/h6,10H,4-5H2,1-3H3. The molecule has 1 rings (SSSR count). The highest BCUT2D eigenvalue weighted by Crippen LogP contribution is 2.09. The molecule has 0 saturated carbocycles. The van der Waals surface area contributed by atoms with Crippen molar-refractivity contribution in [2.45, 2.75) is 32.3 Å². The van der Waals surface area contributed by atoms with Crippen LogP contribution in [0.4, 0.5) is 0 Å². The Bertz CT molecular complexity index is 255. The molecule has 0 aliphatic carbocycles. The van der Waals surface area contributed by atoms with Gasteiger partial charge in [0.25, 0.3) is 0 Å². The van der Waals surface area contributed by atoms with Crippen LogP contribution in [0.1, 0.15) is 24.7 Å². The van der Waals surface area contributed by atoms with E-state index in [4.69, 9.17) is 0 Å². The van der Waals surface area contributed by atoms with Crippen LogP contribution in [0.2, 0.25) is 0 Å². The first kappa shape index (κ1) is 10.5. The normalized spacial score (nSPS) is 10.4. The van der Waals surface area contributed by atoms with E-state index in [1.54, 1.807) is 0 Å². The second kappa shape index (κ2) is 5.19. The van der Waals surface area contributed by atoms with Gasteiger partial charge in [-0.1, -0.05) is 6.92 Å². The molecule has 0 radical (unpaired) electrons. The van der Waals surface area contributed by atoms with Gasteiger partial charge in [0.2, 0.25) is 5.16 Å². The molecular weight excluding hydrogens is 182 g/mol. The first-order valence-electron chi connectivity index (χ1n) is 4.44. The molecule has 1 aromatic heterocycles. The number of hydrogen-bond acceptors (Lipinski definition) is 4. The van der Waals surface area contributed by atoms with Gasteiger partial charge in [0.15, 0.2) is 0 Å². The Morgan fingerprint density at radius 1 is 1.31 bits per heavy atom. The molecule has 0 aromatic carbocycles. The molecule has 0 spiro atoms. The molecule has 0 amide bonds. The Kier molecular flexibility index (Phi) is 4.18. The third-order valence-electron chi connectivity index (χ3n) is 1.48. The second-order valence-corrected chi connectivity index (χ2v) is 3.79. The van der Waals surface area contributed by atoms with Crippen LogP contribution in [0, 0.1) is 13.8 Å². The fraction of sp³-hybridized carbons (Fsp3) is 0.556. The van der Waals surface area contributed by atoms with Crippen molar-refractivity contribution in [3.8, 4) is 0 Å². The number of nitrogens with one attached hydrogen (secondary N) is 1. The Labute approximate surface area is 83.5 Å². The fourth-order valence-corrected chi connectivity index (χ4v) is 1.77. The minimum absolute atomic E-state index is 0.811. The highest BCUT2D eigenvalue weighted by Gasteiger charge is 1.98. The zero-order valence-corrected chi connectivity index (χ0v) is 9.11. The van der Waals surface area contributed by atoms with Crippen LogP contribution in [0.15, 0.2) is 11.2 Å². The summed E-state index contributed by atoms with van der Waals surface area (Å²) in [4.78, 5) is 8.59. The van der Waals surface area contributed by atoms with Gasteiger partial charge in [-0.2, -0.15) is 0 Å². The van der Waals surface area contributed by atoms with Gasteiger partial charge in [-0.25, -0.2) is 9.97 Å². The van der Waals surface area contributed by atoms with Crippen molar-refractivity contribution in [2.24, 2.45) is 0 Å². The van der Waals surface area contributed by atoms with Crippen LogP contribution in [-0.4, -0.2) is 16.5 Å². The summed E-state index contributed by atoms with van der Waals surface area (Å²) in [6.07, 6.45) is 1.12. The third kappa shape index (κ3) is 3.74. The van der Waals surface area contributed by atoms with E-state index in [0.717, 1.165) is 29.5 Å². The smallest absolute Gasteiger partial charge is 0.203 e. The molecule has 1 heterocycles. The molecule has 0 aliphatic heterocycles. The van der Waals surface area contributed by atoms with Crippen LogP contribution in [0.3, 0.4) is 0 Å². The number of aryl methyl sites for hydroxylation is 2. The molecule has 13 heavy (non-hydrogen) atoms. The van der Waals surface area contributed by atoms with E-state index in [-0.39, 0.29) is 0 Å². The molecule has 4 heteroatoms. The van der Waals surface area contributed by atoms with E-state index < -0.39 is 0 Å². The summed E-state index contributed by atoms with van der Waals surface area (Å²) in [7, 11) is 0. The van der Waals surface area contributed by atoms with Crippen LogP contribution < -0.4 is 4.72 Å². The molecule has 72 valence electrons. The molecule has 1 aromatic rings. The van der Waals surface area contributed by atoms with Crippen LogP contribution >= 0.6 is 11.9 Å². The second-order valence-electron chi connectivity index (χ2n) is 2.93. The number of aromatic nitrogens is 2. The summed E-state index contributed by atoms with van der Waals surface area (Å²) in [5.74, 6) is 0. The highest BCUT2D eigenvalue weighted by molar-refractivity contribution is 7.97. The van der Waals surface area contributed by atoms with Gasteiger partial charge in [-0.15, -0.1) is 0 Å². The first-order valence-corrected chi connectivity index (χ1v) is 5.26. The maximum atomic E-state index is 4.30. The van der Waals surface area contributed by atoms with E-state index in [1.807, 2.05) is 19.9 Å². The predicted molar refractivity (Wildman–Crippen MR) is 55.7 cm³/mol. The van der Waals surface area contributed by atoms with Gasteiger partial charge in [-0.3, -0.25) is 4.72 Å². The first-order chi connectivity index (χ1) is 6.22. The van der Waals surface area contributed by atoms with Crippen LogP contribution in [0.5, 0.6) is 0 Å². The zero-order valence-electron chi connectivity index (χ0n) is 8.29. The average Bonchev–Trinajstić information content (AvgIpc) is 2.03. The fourth-order valence-electron chi connectivity index (χ4n) is 0.957.